The number of methoxy groups -OCH3 is 1. The van der Waals surface area contributed by atoms with Crippen molar-refractivity contribution in [3.63, 3.8) is 0 Å². The summed E-state index contributed by atoms with van der Waals surface area (Å²) in [6.07, 6.45) is -0.00590. The molecule has 34 heavy (non-hydrogen) atoms. The molecule has 1 aliphatic rings. The van der Waals surface area contributed by atoms with Gasteiger partial charge in [0.2, 0.25) is 10.0 Å². The van der Waals surface area contributed by atoms with E-state index in [9.17, 15) is 18.0 Å². The Morgan fingerprint density at radius 3 is 2.38 bits per heavy atom. The number of hydrogen-bond donors (Lipinski definition) is 2. The van der Waals surface area contributed by atoms with Crippen molar-refractivity contribution in [1.29, 1.82) is 0 Å². The summed E-state index contributed by atoms with van der Waals surface area (Å²) in [4.78, 5) is 27.2. The molecule has 1 saturated heterocycles. The van der Waals surface area contributed by atoms with Gasteiger partial charge in [0.25, 0.3) is 11.8 Å². The van der Waals surface area contributed by atoms with Crippen LogP contribution in [0.5, 0.6) is 0 Å². The minimum absolute atomic E-state index is 0.00295. The van der Waals surface area contributed by atoms with Gasteiger partial charge in [-0.15, -0.1) is 0 Å². The number of morpholine rings is 1. The summed E-state index contributed by atoms with van der Waals surface area (Å²) >= 11 is 0. The maximum atomic E-state index is 12.8. The van der Waals surface area contributed by atoms with Gasteiger partial charge in [0.05, 0.1) is 23.7 Å². The molecule has 2 amide bonds. The van der Waals surface area contributed by atoms with Crippen LogP contribution in [0.3, 0.4) is 0 Å². The Hall–Kier alpha value is -2.79. The normalized spacial score (nSPS) is 18.5. The van der Waals surface area contributed by atoms with Crippen LogP contribution in [0, 0.1) is 0 Å². The number of nitrogens with zero attached hydrogens (tertiary/aromatic N) is 1. The molecular formula is C24H31N3O6S. The first-order valence-electron chi connectivity index (χ1n) is 11.1. The Kier molecular flexibility index (Phi) is 8.78. The van der Waals surface area contributed by atoms with Crippen LogP contribution < -0.4 is 10.0 Å². The van der Waals surface area contributed by atoms with Crippen molar-refractivity contribution < 1.29 is 27.5 Å². The number of hydrogen-bond acceptors (Lipinski definition) is 6. The summed E-state index contributed by atoms with van der Waals surface area (Å²) in [5, 5.41) is 2.78. The number of amides is 2. The maximum Gasteiger partial charge on any atom is 0.254 e. The average Bonchev–Trinajstić information content (AvgIpc) is 2.82. The first-order chi connectivity index (χ1) is 16.2. The van der Waals surface area contributed by atoms with Gasteiger partial charge in [-0.2, -0.15) is 0 Å². The molecule has 2 N–H and O–H groups in total. The second-order valence-corrected chi connectivity index (χ2v) is 10.0. The largest absolute Gasteiger partial charge is 0.383 e. The van der Waals surface area contributed by atoms with Crippen LogP contribution in [-0.2, 0) is 26.0 Å². The predicted octanol–water partition coefficient (Wildman–Crippen LogP) is 1.79. The Bertz CT molecular complexity index is 1090. The molecule has 0 aliphatic carbocycles. The Morgan fingerprint density at radius 1 is 1.06 bits per heavy atom. The first-order valence-corrected chi connectivity index (χ1v) is 12.6. The van der Waals surface area contributed by atoms with E-state index in [0.717, 1.165) is 5.56 Å². The van der Waals surface area contributed by atoms with Gasteiger partial charge in [-0.3, -0.25) is 9.59 Å². The summed E-state index contributed by atoms with van der Waals surface area (Å²) in [7, 11) is -2.26. The number of carbonyl (C=O) groups is 2. The molecule has 2 aromatic rings. The second kappa shape index (κ2) is 11.6. The highest BCUT2D eigenvalue weighted by Gasteiger charge is 2.26. The van der Waals surface area contributed by atoms with Crippen molar-refractivity contribution in [3.05, 3.63) is 65.2 Å². The SMILES string of the molecule is COCCNS(=O)(=O)c1cccc(C(=O)NCc2ccc(C(=O)N3CC(C)OC(C)C3)cc2)c1. The fourth-order valence-corrected chi connectivity index (χ4v) is 4.80. The molecule has 2 unspecified atom stereocenters. The molecule has 9 nitrogen and oxygen atoms in total. The van der Waals surface area contributed by atoms with Crippen molar-refractivity contribution in [2.75, 3.05) is 33.4 Å². The van der Waals surface area contributed by atoms with Gasteiger partial charge < -0.3 is 19.7 Å². The van der Waals surface area contributed by atoms with Crippen molar-refractivity contribution >= 4 is 21.8 Å². The molecule has 0 radical (unpaired) electrons. The highest BCUT2D eigenvalue weighted by atomic mass is 32.2. The quantitative estimate of drug-likeness (QED) is 0.519. The zero-order valence-electron chi connectivity index (χ0n) is 19.6. The molecule has 0 bridgehead atoms. The third kappa shape index (κ3) is 6.86. The van der Waals surface area contributed by atoms with Gasteiger partial charge in [-0.1, -0.05) is 18.2 Å². The van der Waals surface area contributed by atoms with E-state index in [1.54, 1.807) is 35.2 Å². The summed E-state index contributed by atoms with van der Waals surface area (Å²) in [5.74, 6) is -0.444. The third-order valence-electron chi connectivity index (χ3n) is 5.37. The zero-order chi connectivity index (χ0) is 24.7. The molecule has 0 saturated carbocycles. The van der Waals surface area contributed by atoms with Crippen molar-refractivity contribution in [2.24, 2.45) is 0 Å². The summed E-state index contributed by atoms with van der Waals surface area (Å²) in [5.41, 5.74) is 1.63. The zero-order valence-corrected chi connectivity index (χ0v) is 20.4. The number of sulfonamides is 1. The predicted molar refractivity (Wildman–Crippen MR) is 127 cm³/mol. The topological polar surface area (TPSA) is 114 Å². The average molecular weight is 490 g/mol. The number of rotatable bonds is 9. The van der Waals surface area contributed by atoms with Gasteiger partial charge >= 0.3 is 0 Å². The smallest absolute Gasteiger partial charge is 0.254 e. The van der Waals surface area contributed by atoms with E-state index >= 15 is 0 Å². The van der Waals surface area contributed by atoms with E-state index in [2.05, 4.69) is 10.0 Å². The highest BCUT2D eigenvalue weighted by molar-refractivity contribution is 7.89. The lowest BCUT2D eigenvalue weighted by Gasteiger charge is -2.35. The Balaban J connectivity index is 1.58. The monoisotopic (exact) mass is 489 g/mol. The van der Waals surface area contributed by atoms with Gasteiger partial charge in [0.15, 0.2) is 0 Å². The van der Waals surface area contributed by atoms with Crippen LogP contribution in [0.15, 0.2) is 53.4 Å². The van der Waals surface area contributed by atoms with Crippen LogP contribution >= 0.6 is 0 Å². The van der Waals surface area contributed by atoms with Crippen LogP contribution in [0.25, 0.3) is 0 Å². The highest BCUT2D eigenvalue weighted by Crippen LogP contribution is 2.16. The van der Waals surface area contributed by atoms with Crippen molar-refractivity contribution in [1.82, 2.24) is 14.9 Å². The van der Waals surface area contributed by atoms with Gasteiger partial charge in [-0.05, 0) is 49.7 Å². The molecule has 0 aromatic heterocycles. The minimum Gasteiger partial charge on any atom is -0.383 e. The van der Waals surface area contributed by atoms with Crippen LogP contribution in [0.4, 0.5) is 0 Å². The van der Waals surface area contributed by atoms with Gasteiger partial charge in [-0.25, -0.2) is 13.1 Å². The van der Waals surface area contributed by atoms with E-state index in [0.29, 0.717) is 18.7 Å². The van der Waals surface area contributed by atoms with Crippen molar-refractivity contribution in [3.8, 4) is 0 Å². The van der Waals surface area contributed by atoms with E-state index < -0.39 is 15.9 Å². The number of carbonyl (C=O) groups excluding carboxylic acids is 2. The third-order valence-corrected chi connectivity index (χ3v) is 6.82. The Morgan fingerprint density at radius 2 is 1.74 bits per heavy atom. The molecule has 2 atom stereocenters. The molecule has 2 aromatic carbocycles. The van der Waals surface area contributed by atoms with E-state index in [4.69, 9.17) is 9.47 Å². The Labute approximate surface area is 200 Å². The summed E-state index contributed by atoms with van der Waals surface area (Å²) in [6.45, 7) is 5.62. The van der Waals surface area contributed by atoms with Crippen LogP contribution in [0.2, 0.25) is 0 Å². The van der Waals surface area contributed by atoms with E-state index in [1.807, 2.05) is 13.8 Å². The summed E-state index contributed by atoms with van der Waals surface area (Å²) in [6, 6.07) is 12.9. The molecule has 1 aliphatic heterocycles. The molecular weight excluding hydrogens is 458 g/mol. The molecule has 1 fully saturated rings. The number of benzene rings is 2. The van der Waals surface area contributed by atoms with Gasteiger partial charge in [0, 0.05) is 44.4 Å². The lowest BCUT2D eigenvalue weighted by molar-refractivity contribution is -0.0586. The van der Waals surface area contributed by atoms with E-state index in [-0.39, 0.29) is 48.3 Å². The van der Waals surface area contributed by atoms with Crippen molar-refractivity contribution in [2.45, 2.75) is 37.5 Å². The van der Waals surface area contributed by atoms with E-state index in [1.165, 1.54) is 25.3 Å². The first kappa shape index (κ1) is 25.8. The fraction of sp³-hybridized carbons (Fsp3) is 0.417. The standard InChI is InChI=1S/C24H31N3O6S/c1-17-15-27(16-18(2)33-17)24(29)20-9-7-19(8-10-20)14-25-23(28)21-5-4-6-22(13-21)34(30,31)26-11-12-32-3/h4-10,13,17-18,26H,11-12,14-16H2,1-3H3,(H,25,28). The summed E-state index contributed by atoms with van der Waals surface area (Å²) < 4.78 is 37.7. The molecule has 184 valence electrons. The lowest BCUT2D eigenvalue weighted by atomic mass is 10.1. The molecule has 1 heterocycles. The van der Waals surface area contributed by atoms with Gasteiger partial charge in [0.1, 0.15) is 0 Å². The molecule has 3 rings (SSSR count). The minimum atomic E-state index is -3.74. The molecule has 10 heteroatoms. The number of ether oxygens (including phenoxy) is 2. The number of nitrogens with one attached hydrogen (secondary N) is 2. The molecule has 0 spiro atoms. The fourth-order valence-electron chi connectivity index (χ4n) is 3.74. The maximum absolute atomic E-state index is 12.8. The van der Waals surface area contributed by atoms with Crippen LogP contribution in [0.1, 0.15) is 40.1 Å². The van der Waals surface area contributed by atoms with Crippen LogP contribution in [-0.4, -0.2) is 70.7 Å². The second-order valence-electron chi connectivity index (χ2n) is 8.27. The lowest BCUT2D eigenvalue weighted by Crippen LogP contribution is -2.48.